The zero-order valence-electron chi connectivity index (χ0n) is 11.1. The quantitative estimate of drug-likeness (QED) is 0.536. The van der Waals surface area contributed by atoms with Gasteiger partial charge in [0, 0.05) is 31.0 Å². The van der Waals surface area contributed by atoms with Gasteiger partial charge in [-0.05, 0) is 18.2 Å². The van der Waals surface area contributed by atoms with Crippen LogP contribution in [0, 0.1) is 10.1 Å². The lowest BCUT2D eigenvalue weighted by molar-refractivity contribution is -0.384. The Kier molecular flexibility index (Phi) is 3.28. The maximum Gasteiger partial charge on any atom is 0.269 e. The van der Waals surface area contributed by atoms with Crippen molar-refractivity contribution < 1.29 is 9.66 Å². The van der Waals surface area contributed by atoms with Gasteiger partial charge in [-0.2, -0.15) is 9.50 Å². The molecule has 0 aliphatic heterocycles. The van der Waals surface area contributed by atoms with Crippen LogP contribution in [-0.2, 0) is 11.3 Å². The topological polar surface area (TPSA) is 95.5 Å². The van der Waals surface area contributed by atoms with E-state index in [1.807, 2.05) is 0 Å². The Balaban J connectivity index is 2.08. The van der Waals surface area contributed by atoms with Crippen LogP contribution >= 0.6 is 0 Å². The van der Waals surface area contributed by atoms with Crippen LogP contribution < -0.4 is 0 Å². The number of non-ortho nitro benzene ring substituents is 1. The van der Waals surface area contributed by atoms with Crippen molar-refractivity contribution in [1.82, 2.24) is 19.6 Å². The Bertz CT molecular complexity index is 797. The molecule has 0 aliphatic carbocycles. The summed E-state index contributed by atoms with van der Waals surface area (Å²) in [5.41, 5.74) is 1.59. The second kappa shape index (κ2) is 5.25. The van der Waals surface area contributed by atoms with Crippen molar-refractivity contribution in [2.45, 2.75) is 6.61 Å². The van der Waals surface area contributed by atoms with Crippen LogP contribution in [0.4, 0.5) is 5.69 Å². The van der Waals surface area contributed by atoms with Crippen molar-refractivity contribution in [3.63, 3.8) is 0 Å². The van der Waals surface area contributed by atoms with Crippen molar-refractivity contribution in [1.29, 1.82) is 0 Å². The van der Waals surface area contributed by atoms with Crippen LogP contribution in [0.3, 0.4) is 0 Å². The van der Waals surface area contributed by atoms with Crippen molar-refractivity contribution in [3.05, 3.63) is 52.5 Å². The van der Waals surface area contributed by atoms with Gasteiger partial charge in [-0.1, -0.05) is 0 Å². The molecule has 0 bridgehead atoms. The Morgan fingerprint density at radius 1 is 1.29 bits per heavy atom. The molecule has 2 aromatic heterocycles. The van der Waals surface area contributed by atoms with Crippen LogP contribution in [0.15, 0.2) is 36.5 Å². The summed E-state index contributed by atoms with van der Waals surface area (Å²) < 4.78 is 6.60. The van der Waals surface area contributed by atoms with Crippen LogP contribution in [-0.4, -0.2) is 31.6 Å². The smallest absolute Gasteiger partial charge is 0.269 e. The predicted octanol–water partition coefficient (Wildman–Crippen LogP) is 1.85. The number of methoxy groups -OCH3 is 1. The lowest BCUT2D eigenvalue weighted by Crippen LogP contribution is -1.97. The molecule has 8 nitrogen and oxygen atoms in total. The lowest BCUT2D eigenvalue weighted by atomic mass is 10.1. The Morgan fingerprint density at radius 3 is 2.71 bits per heavy atom. The van der Waals surface area contributed by atoms with E-state index in [9.17, 15) is 10.1 Å². The van der Waals surface area contributed by atoms with E-state index in [1.165, 1.54) is 12.1 Å². The van der Waals surface area contributed by atoms with Gasteiger partial charge in [0.1, 0.15) is 6.61 Å². The number of nitrogens with zero attached hydrogens (tertiary/aromatic N) is 5. The summed E-state index contributed by atoms with van der Waals surface area (Å²) in [6.45, 7) is 0.295. The molecule has 3 rings (SSSR count). The number of nitro benzene ring substituents is 1. The number of aromatic nitrogens is 4. The maximum atomic E-state index is 10.7. The van der Waals surface area contributed by atoms with E-state index in [-0.39, 0.29) is 5.69 Å². The highest BCUT2D eigenvalue weighted by atomic mass is 16.6. The van der Waals surface area contributed by atoms with Crippen molar-refractivity contribution in [3.8, 4) is 11.3 Å². The van der Waals surface area contributed by atoms with Crippen LogP contribution in [0.2, 0.25) is 0 Å². The number of rotatable bonds is 4. The first-order chi connectivity index (χ1) is 10.2. The monoisotopic (exact) mass is 285 g/mol. The van der Waals surface area contributed by atoms with Crippen LogP contribution in [0.1, 0.15) is 5.82 Å². The summed E-state index contributed by atoms with van der Waals surface area (Å²) in [6.07, 6.45) is 1.62. The SMILES string of the molecule is COCc1nc2nccc(-c3ccc([N+](=O)[O-])cc3)n2n1. The highest BCUT2D eigenvalue weighted by molar-refractivity contribution is 5.62. The number of benzene rings is 1. The van der Waals surface area contributed by atoms with E-state index in [4.69, 9.17) is 4.74 Å². The molecule has 0 aliphatic rings. The largest absolute Gasteiger partial charge is 0.377 e. The van der Waals surface area contributed by atoms with Gasteiger partial charge < -0.3 is 4.74 Å². The molecule has 8 heteroatoms. The van der Waals surface area contributed by atoms with Crippen molar-refractivity contribution >= 4 is 11.5 Å². The molecule has 0 amide bonds. The fourth-order valence-corrected chi connectivity index (χ4v) is 2.00. The third-order valence-corrected chi connectivity index (χ3v) is 2.93. The van der Waals surface area contributed by atoms with Crippen molar-refractivity contribution in [2.75, 3.05) is 7.11 Å². The first-order valence-electron chi connectivity index (χ1n) is 6.13. The molecule has 0 unspecified atom stereocenters. The van der Waals surface area contributed by atoms with Gasteiger partial charge >= 0.3 is 0 Å². The van der Waals surface area contributed by atoms with Gasteiger partial charge in [0.05, 0.1) is 10.6 Å². The third-order valence-electron chi connectivity index (χ3n) is 2.93. The Morgan fingerprint density at radius 2 is 2.05 bits per heavy atom. The zero-order chi connectivity index (χ0) is 14.8. The van der Waals surface area contributed by atoms with E-state index >= 15 is 0 Å². The molecule has 2 heterocycles. The summed E-state index contributed by atoms with van der Waals surface area (Å²) in [5, 5.41) is 15.0. The molecule has 0 N–H and O–H groups in total. The predicted molar refractivity (Wildman–Crippen MR) is 73.6 cm³/mol. The average molecular weight is 285 g/mol. The fraction of sp³-hybridized carbons (Fsp3) is 0.154. The molecule has 0 fully saturated rings. The van der Waals surface area contributed by atoms with E-state index in [2.05, 4.69) is 15.1 Å². The second-order valence-electron chi connectivity index (χ2n) is 4.31. The highest BCUT2D eigenvalue weighted by Gasteiger charge is 2.11. The molecule has 21 heavy (non-hydrogen) atoms. The molecular weight excluding hydrogens is 274 g/mol. The molecule has 0 saturated heterocycles. The molecule has 1 aromatic carbocycles. The first-order valence-corrected chi connectivity index (χ1v) is 6.13. The van der Waals surface area contributed by atoms with E-state index in [0.29, 0.717) is 18.2 Å². The average Bonchev–Trinajstić information content (AvgIpc) is 2.90. The van der Waals surface area contributed by atoms with Crippen LogP contribution in [0.5, 0.6) is 0 Å². The Labute approximate surface area is 119 Å². The van der Waals surface area contributed by atoms with Gasteiger partial charge in [-0.3, -0.25) is 10.1 Å². The highest BCUT2D eigenvalue weighted by Crippen LogP contribution is 2.22. The van der Waals surface area contributed by atoms with Gasteiger partial charge in [0.2, 0.25) is 0 Å². The summed E-state index contributed by atoms with van der Waals surface area (Å²) in [5.74, 6) is 0.984. The molecule has 0 spiro atoms. The Hall–Kier alpha value is -2.87. The van der Waals surface area contributed by atoms with Crippen LogP contribution in [0.25, 0.3) is 17.0 Å². The minimum absolute atomic E-state index is 0.0442. The van der Waals surface area contributed by atoms with Gasteiger partial charge in [0.25, 0.3) is 11.5 Å². The number of ether oxygens (including phenoxy) is 1. The van der Waals surface area contributed by atoms with Crippen molar-refractivity contribution in [2.24, 2.45) is 0 Å². The van der Waals surface area contributed by atoms with E-state index in [0.717, 1.165) is 11.3 Å². The number of fused-ring (bicyclic) bond motifs is 1. The summed E-state index contributed by atoms with van der Waals surface area (Å²) >= 11 is 0. The minimum atomic E-state index is -0.432. The minimum Gasteiger partial charge on any atom is -0.377 e. The molecular formula is C13H11N5O3. The van der Waals surface area contributed by atoms with Gasteiger partial charge in [-0.15, -0.1) is 5.10 Å². The first kappa shape index (κ1) is 13.1. The summed E-state index contributed by atoms with van der Waals surface area (Å²) in [7, 11) is 1.57. The molecule has 0 atom stereocenters. The maximum absolute atomic E-state index is 10.7. The molecule has 0 saturated carbocycles. The summed E-state index contributed by atoms with van der Waals surface area (Å²) in [4.78, 5) is 18.6. The number of nitro groups is 1. The molecule has 3 aromatic rings. The van der Waals surface area contributed by atoms with Gasteiger partial charge in [-0.25, -0.2) is 4.98 Å². The fourth-order valence-electron chi connectivity index (χ4n) is 2.00. The zero-order valence-corrected chi connectivity index (χ0v) is 11.1. The summed E-state index contributed by atoms with van der Waals surface area (Å²) in [6, 6.07) is 8.03. The lowest BCUT2D eigenvalue weighted by Gasteiger charge is -2.03. The number of hydrogen-bond acceptors (Lipinski definition) is 6. The molecule has 106 valence electrons. The standard InChI is InChI=1S/C13H11N5O3/c1-21-8-12-15-13-14-7-6-11(17(13)16-12)9-2-4-10(5-3-9)18(19)20/h2-7H,8H2,1H3. The van der Waals surface area contributed by atoms with E-state index in [1.54, 1.807) is 36.0 Å². The third kappa shape index (κ3) is 2.43. The second-order valence-corrected chi connectivity index (χ2v) is 4.31. The normalized spacial score (nSPS) is 10.9. The number of hydrogen-bond donors (Lipinski definition) is 0. The van der Waals surface area contributed by atoms with E-state index < -0.39 is 4.92 Å². The van der Waals surface area contributed by atoms with Gasteiger partial charge in [0.15, 0.2) is 5.82 Å². The molecule has 0 radical (unpaired) electrons.